The molecular formula is C24H20N2. The second-order valence-electron chi connectivity index (χ2n) is 6.14. The van der Waals surface area contributed by atoms with E-state index in [2.05, 4.69) is 95.6 Å². The van der Waals surface area contributed by atoms with Crippen LogP contribution in [0.15, 0.2) is 109 Å². The Hall–Kier alpha value is -3.52. The van der Waals surface area contributed by atoms with E-state index in [4.69, 9.17) is 0 Å². The highest BCUT2D eigenvalue weighted by Crippen LogP contribution is 2.24. The van der Waals surface area contributed by atoms with Gasteiger partial charge in [0.15, 0.2) is 0 Å². The molecule has 0 spiro atoms. The van der Waals surface area contributed by atoms with E-state index in [0.29, 0.717) is 0 Å². The van der Waals surface area contributed by atoms with E-state index in [1.54, 1.807) is 0 Å². The second-order valence-corrected chi connectivity index (χ2v) is 6.14. The lowest BCUT2D eigenvalue weighted by Gasteiger charge is -2.10. The fourth-order valence-electron chi connectivity index (χ4n) is 2.87. The first-order valence-electron chi connectivity index (χ1n) is 8.71. The van der Waals surface area contributed by atoms with Crippen LogP contribution in [-0.2, 0) is 0 Å². The first-order valence-corrected chi connectivity index (χ1v) is 8.71. The van der Waals surface area contributed by atoms with Gasteiger partial charge < -0.3 is 10.6 Å². The lowest BCUT2D eigenvalue weighted by atomic mass is 10.1. The van der Waals surface area contributed by atoms with Crippen LogP contribution in [0.3, 0.4) is 0 Å². The van der Waals surface area contributed by atoms with Crippen molar-refractivity contribution < 1.29 is 0 Å². The maximum Gasteiger partial charge on any atom is 0.0385 e. The quantitative estimate of drug-likeness (QED) is 0.417. The van der Waals surface area contributed by atoms with Crippen molar-refractivity contribution in [3.8, 4) is 11.1 Å². The zero-order valence-electron chi connectivity index (χ0n) is 14.4. The molecule has 0 fully saturated rings. The monoisotopic (exact) mass is 336 g/mol. The lowest BCUT2D eigenvalue weighted by molar-refractivity contribution is 1.51. The summed E-state index contributed by atoms with van der Waals surface area (Å²) < 4.78 is 0. The molecule has 0 aliphatic rings. The first kappa shape index (κ1) is 16.0. The van der Waals surface area contributed by atoms with Gasteiger partial charge in [-0.15, -0.1) is 0 Å². The van der Waals surface area contributed by atoms with Crippen molar-refractivity contribution >= 4 is 22.7 Å². The Morgan fingerprint density at radius 1 is 0.308 bits per heavy atom. The molecule has 0 aromatic heterocycles. The van der Waals surface area contributed by atoms with Crippen LogP contribution >= 0.6 is 0 Å². The van der Waals surface area contributed by atoms with Crippen molar-refractivity contribution in [1.29, 1.82) is 0 Å². The van der Waals surface area contributed by atoms with Crippen LogP contribution in [-0.4, -0.2) is 0 Å². The summed E-state index contributed by atoms with van der Waals surface area (Å²) in [7, 11) is 0. The molecule has 4 aromatic carbocycles. The van der Waals surface area contributed by atoms with Crippen LogP contribution in [0.1, 0.15) is 0 Å². The topological polar surface area (TPSA) is 24.1 Å². The van der Waals surface area contributed by atoms with Gasteiger partial charge in [0, 0.05) is 22.7 Å². The molecule has 2 N–H and O–H groups in total. The van der Waals surface area contributed by atoms with Gasteiger partial charge in [0.25, 0.3) is 0 Å². The summed E-state index contributed by atoms with van der Waals surface area (Å²) in [6, 6.07) is 37.4. The molecule has 126 valence electrons. The highest BCUT2D eigenvalue weighted by atomic mass is 14.9. The molecule has 0 aliphatic heterocycles. The maximum atomic E-state index is 3.45. The minimum absolute atomic E-state index is 1.07. The summed E-state index contributed by atoms with van der Waals surface area (Å²) in [6.07, 6.45) is 0. The number of hydrogen-bond acceptors (Lipinski definition) is 2. The Kier molecular flexibility index (Phi) is 4.66. The number of anilines is 4. The van der Waals surface area contributed by atoms with E-state index in [9.17, 15) is 0 Å². The summed E-state index contributed by atoms with van der Waals surface area (Å²) in [5, 5.41) is 6.84. The van der Waals surface area contributed by atoms with Gasteiger partial charge in [0.1, 0.15) is 0 Å². The maximum absolute atomic E-state index is 3.45. The summed E-state index contributed by atoms with van der Waals surface area (Å²) in [5.41, 5.74) is 6.75. The SMILES string of the molecule is c1ccc(Nc2ccc(Nc3ccc(-c4ccccc4)cc3)cc2)cc1. The fraction of sp³-hybridized carbons (Fsp3) is 0. The summed E-state index contributed by atoms with van der Waals surface area (Å²) in [6.45, 7) is 0. The van der Waals surface area contributed by atoms with E-state index in [0.717, 1.165) is 22.7 Å². The zero-order chi connectivity index (χ0) is 17.6. The number of rotatable bonds is 5. The minimum atomic E-state index is 1.07. The van der Waals surface area contributed by atoms with Gasteiger partial charge in [-0.05, 0) is 59.7 Å². The number of nitrogens with one attached hydrogen (secondary N) is 2. The smallest absolute Gasteiger partial charge is 0.0385 e. The predicted octanol–water partition coefficient (Wildman–Crippen LogP) is 6.84. The van der Waals surface area contributed by atoms with Crippen LogP contribution in [0.25, 0.3) is 11.1 Å². The third-order valence-corrected chi connectivity index (χ3v) is 4.23. The normalized spacial score (nSPS) is 10.3. The van der Waals surface area contributed by atoms with Crippen molar-refractivity contribution in [3.05, 3.63) is 109 Å². The molecule has 26 heavy (non-hydrogen) atoms. The summed E-state index contributed by atoms with van der Waals surface area (Å²) in [5.74, 6) is 0. The van der Waals surface area contributed by atoms with Crippen molar-refractivity contribution in [2.75, 3.05) is 10.6 Å². The van der Waals surface area contributed by atoms with E-state index >= 15 is 0 Å². The largest absolute Gasteiger partial charge is 0.356 e. The lowest BCUT2D eigenvalue weighted by Crippen LogP contribution is -1.92. The first-order chi connectivity index (χ1) is 12.9. The van der Waals surface area contributed by atoms with Crippen molar-refractivity contribution in [3.63, 3.8) is 0 Å². The molecule has 2 nitrogen and oxygen atoms in total. The Morgan fingerprint density at radius 3 is 1.15 bits per heavy atom. The second kappa shape index (κ2) is 7.58. The van der Waals surface area contributed by atoms with E-state index in [-0.39, 0.29) is 0 Å². The van der Waals surface area contributed by atoms with Crippen molar-refractivity contribution in [1.82, 2.24) is 0 Å². The Balaban J connectivity index is 1.42. The predicted molar refractivity (Wildman–Crippen MR) is 111 cm³/mol. The molecule has 0 radical (unpaired) electrons. The molecular weight excluding hydrogens is 316 g/mol. The standard InChI is InChI=1S/C24H20N2/c1-3-7-19(8-4-1)20-11-13-22(14-12-20)26-24-17-15-23(16-18-24)25-21-9-5-2-6-10-21/h1-18,25-26H. The van der Waals surface area contributed by atoms with Crippen LogP contribution < -0.4 is 10.6 Å². The molecule has 0 saturated carbocycles. The summed E-state index contributed by atoms with van der Waals surface area (Å²) >= 11 is 0. The third kappa shape index (κ3) is 3.93. The number of benzene rings is 4. The van der Waals surface area contributed by atoms with Crippen LogP contribution in [0.4, 0.5) is 22.7 Å². The van der Waals surface area contributed by atoms with Gasteiger partial charge in [0.05, 0.1) is 0 Å². The van der Waals surface area contributed by atoms with Crippen molar-refractivity contribution in [2.24, 2.45) is 0 Å². The number of hydrogen-bond donors (Lipinski definition) is 2. The van der Waals surface area contributed by atoms with Gasteiger partial charge in [-0.3, -0.25) is 0 Å². The zero-order valence-corrected chi connectivity index (χ0v) is 14.4. The molecule has 0 amide bonds. The highest BCUT2D eigenvalue weighted by Gasteiger charge is 1.99. The van der Waals surface area contributed by atoms with E-state index in [1.165, 1.54) is 11.1 Å². The van der Waals surface area contributed by atoms with Crippen LogP contribution in [0.2, 0.25) is 0 Å². The third-order valence-electron chi connectivity index (χ3n) is 4.23. The molecule has 4 aromatic rings. The van der Waals surface area contributed by atoms with Gasteiger partial charge in [0.2, 0.25) is 0 Å². The Morgan fingerprint density at radius 2 is 0.654 bits per heavy atom. The molecule has 0 saturated heterocycles. The highest BCUT2D eigenvalue weighted by molar-refractivity contribution is 5.69. The van der Waals surface area contributed by atoms with Gasteiger partial charge in [-0.25, -0.2) is 0 Å². The minimum Gasteiger partial charge on any atom is -0.356 e. The average Bonchev–Trinajstić information content (AvgIpc) is 2.72. The Bertz CT molecular complexity index is 944. The molecule has 0 aliphatic carbocycles. The molecule has 0 unspecified atom stereocenters. The average molecular weight is 336 g/mol. The van der Waals surface area contributed by atoms with E-state index < -0.39 is 0 Å². The van der Waals surface area contributed by atoms with Crippen molar-refractivity contribution in [2.45, 2.75) is 0 Å². The fourth-order valence-corrected chi connectivity index (χ4v) is 2.87. The van der Waals surface area contributed by atoms with Gasteiger partial charge in [-0.2, -0.15) is 0 Å². The van der Waals surface area contributed by atoms with Gasteiger partial charge in [-0.1, -0.05) is 60.7 Å². The number of para-hydroxylation sites is 1. The Labute approximate surface area is 154 Å². The molecule has 0 heterocycles. The molecule has 0 bridgehead atoms. The summed E-state index contributed by atoms with van der Waals surface area (Å²) in [4.78, 5) is 0. The van der Waals surface area contributed by atoms with Gasteiger partial charge >= 0.3 is 0 Å². The van der Waals surface area contributed by atoms with E-state index in [1.807, 2.05) is 24.3 Å². The molecule has 4 rings (SSSR count). The molecule has 0 atom stereocenters. The van der Waals surface area contributed by atoms with Crippen LogP contribution in [0, 0.1) is 0 Å². The van der Waals surface area contributed by atoms with Crippen LogP contribution in [0.5, 0.6) is 0 Å². The molecule has 2 heteroatoms.